The second-order valence-corrected chi connectivity index (χ2v) is 7.07. The molecule has 1 heterocycles. The van der Waals surface area contributed by atoms with Crippen LogP contribution >= 0.6 is 11.3 Å². The van der Waals surface area contributed by atoms with Gasteiger partial charge in [-0.15, -0.1) is 10.2 Å². The first-order valence-corrected chi connectivity index (χ1v) is 9.33. The summed E-state index contributed by atoms with van der Waals surface area (Å²) in [5.41, 5.74) is 1.58. The zero-order chi connectivity index (χ0) is 19.2. The van der Waals surface area contributed by atoms with Gasteiger partial charge < -0.3 is 9.47 Å². The molecule has 0 saturated carbocycles. The molecular formula is C20H21N3O3S. The highest BCUT2D eigenvalue weighted by Crippen LogP contribution is 2.30. The van der Waals surface area contributed by atoms with Crippen molar-refractivity contribution in [3.63, 3.8) is 0 Å². The Kier molecular flexibility index (Phi) is 6.03. The number of carbonyl (C=O) groups is 1. The van der Waals surface area contributed by atoms with E-state index in [0.29, 0.717) is 28.1 Å². The maximum Gasteiger partial charge on any atom is 0.265 e. The normalized spacial score (nSPS) is 11.7. The average Bonchev–Trinajstić information content (AvgIpc) is 3.14. The Balaban J connectivity index is 1.72. The van der Waals surface area contributed by atoms with Crippen LogP contribution in [0.15, 0.2) is 48.5 Å². The molecule has 0 fully saturated rings. The highest BCUT2D eigenvalue weighted by atomic mass is 32.1. The molecule has 6 nitrogen and oxygen atoms in total. The number of carbonyl (C=O) groups excluding carboxylic acids is 1. The van der Waals surface area contributed by atoms with Crippen molar-refractivity contribution in [2.45, 2.75) is 19.3 Å². The number of nitrogens with zero attached hydrogens (tertiary/aromatic N) is 2. The lowest BCUT2D eigenvalue weighted by Crippen LogP contribution is -2.14. The van der Waals surface area contributed by atoms with Gasteiger partial charge in [0, 0.05) is 6.42 Å². The molecule has 0 aliphatic rings. The van der Waals surface area contributed by atoms with E-state index in [4.69, 9.17) is 9.47 Å². The standard InChI is InChI=1S/C20H21N3O3S/c1-13(14-8-5-4-6-9-14)12-17-22-23-20(27-17)21-19(24)18-15(25-2)10-7-11-16(18)26-3/h4-11,13H,12H2,1-3H3,(H,21,23,24). The van der Waals surface area contributed by atoms with Gasteiger partial charge in [-0.2, -0.15) is 0 Å². The maximum absolute atomic E-state index is 12.7. The third-order valence-electron chi connectivity index (χ3n) is 4.19. The number of rotatable bonds is 7. The van der Waals surface area contributed by atoms with Gasteiger partial charge in [-0.05, 0) is 23.6 Å². The molecule has 0 aliphatic carbocycles. The van der Waals surface area contributed by atoms with Gasteiger partial charge in [0.25, 0.3) is 5.91 Å². The predicted octanol–water partition coefficient (Wildman–Crippen LogP) is 4.15. The zero-order valence-electron chi connectivity index (χ0n) is 15.4. The first kappa shape index (κ1) is 18.8. The van der Waals surface area contributed by atoms with Gasteiger partial charge >= 0.3 is 0 Å². The van der Waals surface area contributed by atoms with Gasteiger partial charge in [-0.3, -0.25) is 10.1 Å². The molecule has 3 aromatic rings. The maximum atomic E-state index is 12.7. The molecule has 1 atom stereocenters. The lowest BCUT2D eigenvalue weighted by Gasteiger charge is -2.11. The molecule has 0 radical (unpaired) electrons. The monoisotopic (exact) mass is 383 g/mol. The zero-order valence-corrected chi connectivity index (χ0v) is 16.2. The summed E-state index contributed by atoms with van der Waals surface area (Å²) in [5, 5.41) is 12.4. The Hall–Kier alpha value is -2.93. The second-order valence-electron chi connectivity index (χ2n) is 6.01. The van der Waals surface area contributed by atoms with E-state index in [0.717, 1.165) is 11.4 Å². The molecule has 0 spiro atoms. The molecule has 140 valence electrons. The van der Waals surface area contributed by atoms with E-state index >= 15 is 0 Å². The summed E-state index contributed by atoms with van der Waals surface area (Å²) in [4.78, 5) is 12.7. The summed E-state index contributed by atoms with van der Waals surface area (Å²) in [6.07, 6.45) is 0.759. The highest BCUT2D eigenvalue weighted by Gasteiger charge is 2.20. The molecular weight excluding hydrogens is 362 g/mol. The van der Waals surface area contributed by atoms with Crippen LogP contribution in [0.2, 0.25) is 0 Å². The third-order valence-corrected chi connectivity index (χ3v) is 5.05. The lowest BCUT2D eigenvalue weighted by molar-refractivity contribution is 0.102. The fourth-order valence-corrected chi connectivity index (χ4v) is 3.65. The lowest BCUT2D eigenvalue weighted by atomic mass is 9.98. The van der Waals surface area contributed by atoms with Gasteiger partial charge in [-0.25, -0.2) is 0 Å². The number of methoxy groups -OCH3 is 2. The Bertz CT molecular complexity index is 890. The smallest absolute Gasteiger partial charge is 0.265 e. The molecule has 1 unspecified atom stereocenters. The van der Waals surface area contributed by atoms with Crippen LogP contribution in [0.4, 0.5) is 5.13 Å². The van der Waals surface area contributed by atoms with Gasteiger partial charge in [0.1, 0.15) is 22.1 Å². The van der Waals surface area contributed by atoms with E-state index in [1.165, 1.54) is 31.1 Å². The number of hydrogen-bond donors (Lipinski definition) is 1. The topological polar surface area (TPSA) is 73.3 Å². The second kappa shape index (κ2) is 8.64. The molecule has 1 N–H and O–H groups in total. The van der Waals surface area contributed by atoms with Crippen LogP contribution in [-0.2, 0) is 6.42 Å². The number of hydrogen-bond acceptors (Lipinski definition) is 6. The summed E-state index contributed by atoms with van der Waals surface area (Å²) in [6.45, 7) is 2.15. The average molecular weight is 383 g/mol. The van der Waals surface area contributed by atoms with Crippen LogP contribution in [0.3, 0.4) is 0 Å². The summed E-state index contributed by atoms with van der Waals surface area (Å²) >= 11 is 1.37. The van der Waals surface area contributed by atoms with E-state index in [-0.39, 0.29) is 5.91 Å². The minimum absolute atomic E-state index is 0.317. The molecule has 0 bridgehead atoms. The number of ether oxygens (including phenoxy) is 2. The fourth-order valence-electron chi connectivity index (χ4n) is 2.78. The van der Waals surface area contributed by atoms with Crippen LogP contribution in [0.25, 0.3) is 0 Å². The predicted molar refractivity (Wildman–Crippen MR) is 106 cm³/mol. The van der Waals surface area contributed by atoms with E-state index in [1.807, 2.05) is 18.2 Å². The molecule has 0 aliphatic heterocycles. The van der Waals surface area contributed by atoms with E-state index in [9.17, 15) is 4.79 Å². The molecule has 1 amide bonds. The minimum Gasteiger partial charge on any atom is -0.496 e. The first-order chi connectivity index (χ1) is 13.1. The van der Waals surface area contributed by atoms with E-state index in [2.05, 4.69) is 34.6 Å². The van der Waals surface area contributed by atoms with Crippen LogP contribution in [-0.4, -0.2) is 30.3 Å². The number of nitrogens with one attached hydrogen (secondary N) is 1. The Morgan fingerprint density at radius 1 is 1.04 bits per heavy atom. The number of aromatic nitrogens is 2. The Morgan fingerprint density at radius 2 is 1.70 bits per heavy atom. The van der Waals surface area contributed by atoms with E-state index < -0.39 is 0 Å². The molecule has 2 aromatic carbocycles. The van der Waals surface area contributed by atoms with Crippen LogP contribution in [0.1, 0.15) is 33.8 Å². The molecule has 3 rings (SSSR count). The van der Waals surface area contributed by atoms with E-state index in [1.54, 1.807) is 18.2 Å². The molecule has 27 heavy (non-hydrogen) atoms. The van der Waals surface area contributed by atoms with Crippen molar-refractivity contribution < 1.29 is 14.3 Å². The quantitative estimate of drug-likeness (QED) is 0.663. The van der Waals surface area contributed by atoms with Crippen molar-refractivity contribution in [3.05, 3.63) is 64.7 Å². The van der Waals surface area contributed by atoms with Gasteiger partial charge in [0.05, 0.1) is 14.2 Å². The summed E-state index contributed by atoms with van der Waals surface area (Å²) in [6, 6.07) is 15.4. The number of benzene rings is 2. The van der Waals surface area contributed by atoms with Gasteiger partial charge in [0.15, 0.2) is 0 Å². The molecule has 1 aromatic heterocycles. The largest absolute Gasteiger partial charge is 0.496 e. The van der Waals surface area contributed by atoms with Crippen LogP contribution in [0.5, 0.6) is 11.5 Å². The minimum atomic E-state index is -0.344. The van der Waals surface area contributed by atoms with Crippen molar-refractivity contribution in [3.8, 4) is 11.5 Å². The Morgan fingerprint density at radius 3 is 2.33 bits per heavy atom. The summed E-state index contributed by atoms with van der Waals surface area (Å²) in [5.74, 6) is 0.851. The van der Waals surface area contributed by atoms with Gasteiger partial charge in [-0.1, -0.05) is 54.7 Å². The SMILES string of the molecule is COc1cccc(OC)c1C(=O)Nc1nnc(CC(C)c2ccccc2)s1. The van der Waals surface area contributed by atoms with Crippen molar-refractivity contribution in [1.82, 2.24) is 10.2 Å². The van der Waals surface area contributed by atoms with Crippen molar-refractivity contribution >= 4 is 22.4 Å². The summed E-state index contributed by atoms with van der Waals surface area (Å²) < 4.78 is 10.6. The Labute approximate surface area is 162 Å². The highest BCUT2D eigenvalue weighted by molar-refractivity contribution is 7.15. The summed E-state index contributed by atoms with van der Waals surface area (Å²) in [7, 11) is 3.03. The molecule has 7 heteroatoms. The third kappa shape index (κ3) is 4.43. The van der Waals surface area contributed by atoms with Gasteiger partial charge in [0.2, 0.25) is 5.13 Å². The van der Waals surface area contributed by atoms with Crippen LogP contribution < -0.4 is 14.8 Å². The number of amides is 1. The first-order valence-electron chi connectivity index (χ1n) is 8.52. The van der Waals surface area contributed by atoms with Crippen molar-refractivity contribution in [2.24, 2.45) is 0 Å². The molecule has 0 saturated heterocycles. The fraction of sp³-hybridized carbons (Fsp3) is 0.250. The number of anilines is 1. The van der Waals surface area contributed by atoms with Crippen molar-refractivity contribution in [2.75, 3.05) is 19.5 Å². The van der Waals surface area contributed by atoms with Crippen LogP contribution in [0, 0.1) is 0 Å². The van der Waals surface area contributed by atoms with Crippen molar-refractivity contribution in [1.29, 1.82) is 0 Å².